The molecule has 0 saturated heterocycles. The lowest BCUT2D eigenvalue weighted by Crippen LogP contribution is -2.10. The lowest BCUT2D eigenvalue weighted by molar-refractivity contribution is 0.283. The van der Waals surface area contributed by atoms with E-state index in [1.807, 2.05) is 32.1 Å². The topological polar surface area (TPSA) is 55.4 Å². The lowest BCUT2D eigenvalue weighted by Gasteiger charge is -2.29. The Hall–Kier alpha value is -4.94. The zero-order valence-electron chi connectivity index (χ0n) is 39.7. The predicted molar refractivity (Wildman–Crippen MR) is 259 cm³/mol. The molecule has 0 amide bonds. The molecule has 4 aromatic rings. The first-order valence-corrected chi connectivity index (χ1v) is 23.9. The Balaban J connectivity index is 1.60. The Morgan fingerprint density at radius 1 is 0.500 bits per heavy atom. The molecule has 4 aromatic carbocycles. The zero-order chi connectivity index (χ0) is 45.2. The van der Waals surface area contributed by atoms with Crippen molar-refractivity contribution in [2.45, 2.75) is 135 Å². The number of hydrogen-bond donors (Lipinski definition) is 0. The van der Waals surface area contributed by atoms with Gasteiger partial charge in [0.2, 0.25) is 0 Å². The average molecular weight is 871 g/mol. The van der Waals surface area contributed by atoms with E-state index >= 15 is 0 Å². The molecule has 0 fully saturated rings. The van der Waals surface area contributed by atoms with Crippen LogP contribution in [0.5, 0.6) is 23.0 Å². The van der Waals surface area contributed by atoms with Gasteiger partial charge >= 0.3 is 17.2 Å². The first kappa shape index (κ1) is 46.6. The van der Waals surface area contributed by atoms with E-state index in [2.05, 4.69) is 151 Å². The molecule has 2 aliphatic carbocycles. The number of rotatable bonds is 15. The van der Waals surface area contributed by atoms with Crippen molar-refractivity contribution < 1.29 is 27.1 Å². The molecule has 0 N–H and O–H groups in total. The zero-order valence-corrected chi connectivity index (χ0v) is 41.5. The normalized spacial score (nSPS) is 14.4. The van der Waals surface area contributed by atoms with Crippen LogP contribution in [0.3, 0.4) is 0 Å². The van der Waals surface area contributed by atoms with Gasteiger partial charge in [-0.05, 0) is 181 Å². The summed E-state index contributed by atoms with van der Waals surface area (Å²) in [6, 6.07) is 16.8. The van der Waals surface area contributed by atoms with E-state index in [0.717, 1.165) is 102 Å². The van der Waals surface area contributed by atoms with Crippen LogP contribution in [0.25, 0.3) is 11.1 Å². The molecule has 326 valence electrons. The molecule has 1 atom stereocenters. The Morgan fingerprint density at radius 2 is 0.984 bits per heavy atom. The van der Waals surface area contributed by atoms with Gasteiger partial charge in [0.1, 0.15) is 28.8 Å². The Morgan fingerprint density at radius 3 is 1.42 bits per heavy atom. The molecule has 0 heterocycles. The molecule has 0 bridgehead atoms. The SMILES string of the molecule is CC1=C=C=C(OP(OC2=C(C)C=C(C)CC2)Oc2c(C(C)C)cc(C)c(C)c2-c2c(C)c(C)cc(C(C)C)c2OP(Oc2ccc(C)cc2C)Oc2ccc(C)cc2C)C(C)=C1. The summed E-state index contributed by atoms with van der Waals surface area (Å²) in [5.74, 6) is 4.42. The first-order chi connectivity index (χ1) is 29.3. The van der Waals surface area contributed by atoms with E-state index in [1.165, 1.54) is 5.57 Å². The maximum Gasteiger partial charge on any atom is 0.530 e. The van der Waals surface area contributed by atoms with E-state index in [0.29, 0.717) is 28.8 Å². The van der Waals surface area contributed by atoms with Gasteiger partial charge in [0, 0.05) is 23.1 Å². The van der Waals surface area contributed by atoms with Gasteiger partial charge in [-0.25, -0.2) is 0 Å². The van der Waals surface area contributed by atoms with Gasteiger partial charge in [-0.3, -0.25) is 0 Å². The van der Waals surface area contributed by atoms with Crippen molar-refractivity contribution >= 4 is 17.2 Å². The van der Waals surface area contributed by atoms with Crippen LogP contribution in [-0.2, 0) is 9.05 Å². The van der Waals surface area contributed by atoms with Crippen LogP contribution < -0.4 is 18.1 Å². The van der Waals surface area contributed by atoms with Gasteiger partial charge in [0.25, 0.3) is 0 Å². The van der Waals surface area contributed by atoms with Crippen LogP contribution in [0, 0.1) is 55.4 Å². The highest BCUT2D eigenvalue weighted by molar-refractivity contribution is 7.43. The number of aryl methyl sites for hydroxylation is 6. The van der Waals surface area contributed by atoms with Crippen molar-refractivity contribution in [1.82, 2.24) is 0 Å². The quantitative estimate of drug-likeness (QED) is 0.0876. The molecule has 0 saturated carbocycles. The Labute approximate surface area is 374 Å². The van der Waals surface area contributed by atoms with Crippen molar-refractivity contribution in [3.05, 3.63) is 162 Å². The lowest BCUT2D eigenvalue weighted by atomic mass is 9.84. The largest absolute Gasteiger partial charge is 0.530 e. The molecule has 0 radical (unpaired) electrons. The van der Waals surface area contributed by atoms with Gasteiger partial charge < -0.3 is 27.1 Å². The van der Waals surface area contributed by atoms with Crippen LogP contribution in [0.4, 0.5) is 0 Å². The number of allylic oxidation sites excluding steroid dienone is 7. The molecular weight excluding hydrogens is 807 g/mol. The van der Waals surface area contributed by atoms with Gasteiger partial charge in [-0.2, -0.15) is 0 Å². The van der Waals surface area contributed by atoms with Gasteiger partial charge in [0.05, 0.1) is 0 Å². The monoisotopic (exact) mass is 870 g/mol. The van der Waals surface area contributed by atoms with Crippen molar-refractivity contribution in [3.63, 3.8) is 0 Å². The third kappa shape index (κ3) is 10.6. The van der Waals surface area contributed by atoms with Crippen LogP contribution in [-0.4, -0.2) is 0 Å². The fourth-order valence-corrected chi connectivity index (χ4v) is 10.2. The van der Waals surface area contributed by atoms with E-state index < -0.39 is 17.2 Å². The summed E-state index contributed by atoms with van der Waals surface area (Å²) in [6.45, 7) is 34.0. The fourth-order valence-electron chi connectivity index (χ4n) is 7.81. The molecule has 0 aromatic heterocycles. The maximum absolute atomic E-state index is 7.31. The molecular formula is C54H64O6P2. The van der Waals surface area contributed by atoms with E-state index in [-0.39, 0.29) is 11.8 Å². The van der Waals surface area contributed by atoms with Crippen LogP contribution in [0.1, 0.15) is 136 Å². The molecule has 2 aliphatic rings. The molecule has 6 nitrogen and oxygen atoms in total. The second-order valence-electron chi connectivity index (χ2n) is 17.8. The summed E-state index contributed by atoms with van der Waals surface area (Å²) in [6.07, 6.45) is 5.90. The highest BCUT2D eigenvalue weighted by Crippen LogP contribution is 2.57. The minimum Gasteiger partial charge on any atom is -0.413 e. The average Bonchev–Trinajstić information content (AvgIpc) is 3.19. The second-order valence-corrected chi connectivity index (χ2v) is 19.7. The summed E-state index contributed by atoms with van der Waals surface area (Å²) < 4.78 is 41.9. The van der Waals surface area contributed by atoms with Crippen LogP contribution in [0.2, 0.25) is 0 Å². The predicted octanol–water partition coefficient (Wildman–Crippen LogP) is 17.0. The molecule has 6 rings (SSSR count). The third-order valence-electron chi connectivity index (χ3n) is 11.7. The number of hydrogen-bond acceptors (Lipinski definition) is 6. The standard InChI is InChI=1S/C54H64O6P2/c1-31(2)45-29-37(9)43(15)51(53(45)59-61(55-47-21-17-33(5)25-39(47)11)56-48-22-18-34(6)26-40(48)12)52-44(16)38(10)30-46(32(3)4)54(52)60-62(57-49-23-19-35(7)27-41(49)13)58-50-24-20-36(8)28-42(50)14/h17-18,21-22,25-32H,19,23H2,1-16H3. The Kier molecular flexibility index (Phi) is 14.7. The van der Waals surface area contributed by atoms with Crippen LogP contribution >= 0.6 is 17.2 Å². The minimum absolute atomic E-state index is 0.0963. The van der Waals surface area contributed by atoms with E-state index in [1.54, 1.807) is 0 Å². The molecule has 0 spiro atoms. The van der Waals surface area contributed by atoms with Crippen molar-refractivity contribution in [2.75, 3.05) is 0 Å². The highest BCUT2D eigenvalue weighted by Gasteiger charge is 2.34. The van der Waals surface area contributed by atoms with Gasteiger partial charge in [-0.1, -0.05) is 92.6 Å². The third-order valence-corrected chi connectivity index (χ3v) is 13.7. The second kappa shape index (κ2) is 19.6. The van der Waals surface area contributed by atoms with Crippen molar-refractivity contribution in [2.24, 2.45) is 0 Å². The first-order valence-electron chi connectivity index (χ1n) is 21.7. The molecule has 62 heavy (non-hydrogen) atoms. The minimum atomic E-state index is -2.04. The van der Waals surface area contributed by atoms with E-state index in [4.69, 9.17) is 27.1 Å². The molecule has 8 heteroatoms. The van der Waals surface area contributed by atoms with Gasteiger partial charge in [-0.15, -0.1) is 0 Å². The number of benzene rings is 4. The summed E-state index contributed by atoms with van der Waals surface area (Å²) in [4.78, 5) is 0. The smallest absolute Gasteiger partial charge is 0.413 e. The van der Waals surface area contributed by atoms with Gasteiger partial charge in [0.15, 0.2) is 5.76 Å². The van der Waals surface area contributed by atoms with Crippen LogP contribution in [0.15, 0.2) is 106 Å². The highest BCUT2D eigenvalue weighted by atomic mass is 31.2. The van der Waals surface area contributed by atoms with E-state index in [9.17, 15) is 0 Å². The molecule has 1 unspecified atom stereocenters. The summed E-state index contributed by atoms with van der Waals surface area (Å²) in [5, 5.41) is 0. The van der Waals surface area contributed by atoms with Crippen molar-refractivity contribution in [1.29, 1.82) is 0 Å². The molecule has 0 aliphatic heterocycles. The van der Waals surface area contributed by atoms with Crippen molar-refractivity contribution in [3.8, 4) is 34.1 Å². The summed E-state index contributed by atoms with van der Waals surface area (Å²) in [5.41, 5.74) is 23.4. The fraction of sp³-hybridized carbons (Fsp3) is 0.370. The Bertz CT molecular complexity index is 2540. The maximum atomic E-state index is 7.31. The summed E-state index contributed by atoms with van der Waals surface area (Å²) >= 11 is 0. The summed E-state index contributed by atoms with van der Waals surface area (Å²) in [7, 11) is -4.08.